The molecule has 1 aromatic heterocycles. The van der Waals surface area contributed by atoms with Gasteiger partial charge >= 0.3 is 0 Å². The number of ketones is 1. The number of aryl methyl sites for hydroxylation is 1. The summed E-state index contributed by atoms with van der Waals surface area (Å²) in [4.78, 5) is 26.1. The fourth-order valence-electron chi connectivity index (χ4n) is 6.49. The Kier molecular flexibility index (Phi) is 4.21. The number of benzene rings is 1. The lowest BCUT2D eigenvalue weighted by molar-refractivity contribution is -0.137. The molecule has 5 nitrogen and oxygen atoms in total. The summed E-state index contributed by atoms with van der Waals surface area (Å²) < 4.78 is 1.77. The van der Waals surface area contributed by atoms with E-state index in [9.17, 15) is 14.7 Å². The first-order valence-corrected chi connectivity index (χ1v) is 10.6. The summed E-state index contributed by atoms with van der Waals surface area (Å²) >= 11 is 0. The molecule has 1 aromatic carbocycles. The van der Waals surface area contributed by atoms with Crippen LogP contribution in [0.4, 0.5) is 0 Å². The standard InChI is InChI=1S/C24H28N2O3/c1-14-19(22(27)16-6-4-3-5-7-16)13-26(2)21(14)23(28)25-20-17-8-15-9-18(20)12-24(29,10-15)11-17/h3-7,13,15,17-18,20,29H,8-12H2,1-2H3,(H,25,28). The Balaban J connectivity index is 1.39. The van der Waals surface area contributed by atoms with Crippen LogP contribution >= 0.6 is 0 Å². The molecule has 29 heavy (non-hydrogen) atoms. The number of carbonyl (C=O) groups excluding carboxylic acids is 2. The van der Waals surface area contributed by atoms with Gasteiger partial charge in [0.1, 0.15) is 5.69 Å². The van der Waals surface area contributed by atoms with Crippen molar-refractivity contribution in [2.24, 2.45) is 24.8 Å². The Morgan fingerprint density at radius 2 is 1.76 bits per heavy atom. The molecule has 0 aliphatic heterocycles. The van der Waals surface area contributed by atoms with Crippen LogP contribution in [0.2, 0.25) is 0 Å². The van der Waals surface area contributed by atoms with Crippen molar-refractivity contribution in [1.82, 2.24) is 9.88 Å². The van der Waals surface area contributed by atoms with Crippen LogP contribution in [0.15, 0.2) is 36.5 Å². The highest BCUT2D eigenvalue weighted by molar-refractivity contribution is 6.11. The molecule has 0 saturated heterocycles. The van der Waals surface area contributed by atoms with Gasteiger partial charge in [-0.2, -0.15) is 0 Å². The third-order valence-electron chi connectivity index (χ3n) is 7.47. The molecule has 2 N–H and O–H groups in total. The van der Waals surface area contributed by atoms with Crippen LogP contribution < -0.4 is 5.32 Å². The van der Waals surface area contributed by atoms with Gasteiger partial charge in [-0.05, 0) is 62.3 Å². The lowest BCUT2D eigenvalue weighted by Crippen LogP contribution is -2.61. The van der Waals surface area contributed by atoms with Crippen LogP contribution in [0.1, 0.15) is 64.1 Å². The second kappa shape index (κ2) is 6.56. The molecule has 1 heterocycles. The summed E-state index contributed by atoms with van der Waals surface area (Å²) in [5, 5.41) is 14.1. The highest BCUT2D eigenvalue weighted by Gasteiger charge is 2.55. The zero-order chi connectivity index (χ0) is 20.3. The van der Waals surface area contributed by atoms with Crippen molar-refractivity contribution in [3.63, 3.8) is 0 Å². The second-order valence-corrected chi connectivity index (χ2v) is 9.52. The van der Waals surface area contributed by atoms with E-state index in [2.05, 4.69) is 5.32 Å². The summed E-state index contributed by atoms with van der Waals surface area (Å²) in [5.41, 5.74) is 1.97. The molecule has 5 heteroatoms. The average Bonchev–Trinajstić information content (AvgIpc) is 2.97. The molecule has 4 bridgehead atoms. The monoisotopic (exact) mass is 392 g/mol. The molecular formula is C24H28N2O3. The average molecular weight is 392 g/mol. The summed E-state index contributed by atoms with van der Waals surface area (Å²) in [6, 6.07) is 9.30. The largest absolute Gasteiger partial charge is 0.390 e. The molecule has 4 fully saturated rings. The minimum Gasteiger partial charge on any atom is -0.390 e. The molecule has 4 aliphatic rings. The predicted octanol–water partition coefficient (Wildman–Crippen LogP) is 3.23. The van der Waals surface area contributed by atoms with Crippen LogP contribution in [0, 0.1) is 24.7 Å². The zero-order valence-electron chi connectivity index (χ0n) is 17.0. The SMILES string of the molecule is Cc1c(C(=O)c2ccccc2)cn(C)c1C(=O)NC1C2CC3CC1CC(O)(C3)C2. The van der Waals surface area contributed by atoms with E-state index in [1.807, 2.05) is 32.2 Å². The Labute approximate surface area is 171 Å². The lowest BCUT2D eigenvalue weighted by Gasteiger charge is -2.58. The van der Waals surface area contributed by atoms with Gasteiger partial charge in [-0.15, -0.1) is 0 Å². The lowest BCUT2D eigenvalue weighted by atomic mass is 9.52. The van der Waals surface area contributed by atoms with E-state index in [1.54, 1.807) is 22.9 Å². The number of aromatic nitrogens is 1. The number of nitrogens with zero attached hydrogens (tertiary/aromatic N) is 1. The minimum absolute atomic E-state index is 0.0606. The van der Waals surface area contributed by atoms with Crippen LogP contribution in [0.25, 0.3) is 0 Å². The van der Waals surface area contributed by atoms with Crippen LogP contribution in [0.3, 0.4) is 0 Å². The summed E-state index contributed by atoms with van der Waals surface area (Å²) in [6.07, 6.45) is 6.51. The quantitative estimate of drug-likeness (QED) is 0.785. The molecule has 1 amide bonds. The third-order valence-corrected chi connectivity index (χ3v) is 7.47. The molecule has 6 rings (SSSR count). The first-order valence-electron chi connectivity index (χ1n) is 10.6. The van der Waals surface area contributed by atoms with Crippen LogP contribution in [-0.2, 0) is 7.05 Å². The van der Waals surface area contributed by atoms with Gasteiger partial charge in [-0.1, -0.05) is 30.3 Å². The smallest absolute Gasteiger partial charge is 0.268 e. The molecule has 0 radical (unpaired) electrons. The topological polar surface area (TPSA) is 71.3 Å². The van der Waals surface area contributed by atoms with Crippen molar-refractivity contribution in [3.05, 3.63) is 58.9 Å². The molecule has 4 aliphatic carbocycles. The normalized spacial score (nSPS) is 32.4. The van der Waals surface area contributed by atoms with E-state index >= 15 is 0 Å². The van der Waals surface area contributed by atoms with Gasteiger partial charge in [-0.3, -0.25) is 9.59 Å². The van der Waals surface area contributed by atoms with Crippen molar-refractivity contribution >= 4 is 11.7 Å². The fourth-order valence-corrected chi connectivity index (χ4v) is 6.49. The van der Waals surface area contributed by atoms with Gasteiger partial charge in [0.05, 0.1) is 5.60 Å². The molecule has 0 spiro atoms. The van der Waals surface area contributed by atoms with Crippen molar-refractivity contribution in [2.45, 2.75) is 50.7 Å². The molecule has 2 unspecified atom stereocenters. The molecule has 2 atom stereocenters. The zero-order valence-corrected chi connectivity index (χ0v) is 17.0. The number of aliphatic hydroxyl groups is 1. The van der Waals surface area contributed by atoms with E-state index in [0.717, 1.165) is 37.7 Å². The third kappa shape index (κ3) is 3.03. The van der Waals surface area contributed by atoms with Crippen molar-refractivity contribution < 1.29 is 14.7 Å². The van der Waals surface area contributed by atoms with Gasteiger partial charge in [0, 0.05) is 30.4 Å². The molecule has 152 valence electrons. The maximum atomic E-state index is 13.2. The van der Waals surface area contributed by atoms with E-state index in [1.165, 1.54) is 0 Å². The maximum absolute atomic E-state index is 13.2. The number of hydrogen-bond donors (Lipinski definition) is 2. The van der Waals surface area contributed by atoms with Gasteiger partial charge < -0.3 is 15.0 Å². The summed E-state index contributed by atoms with van der Waals surface area (Å²) in [6.45, 7) is 1.85. The maximum Gasteiger partial charge on any atom is 0.268 e. The van der Waals surface area contributed by atoms with Crippen molar-refractivity contribution in [3.8, 4) is 0 Å². The van der Waals surface area contributed by atoms with Crippen LogP contribution in [0.5, 0.6) is 0 Å². The summed E-state index contributed by atoms with van der Waals surface area (Å²) in [7, 11) is 1.82. The Morgan fingerprint density at radius 3 is 2.38 bits per heavy atom. The van der Waals surface area contributed by atoms with E-state index < -0.39 is 5.60 Å². The number of hydrogen-bond acceptors (Lipinski definition) is 3. The Morgan fingerprint density at radius 1 is 1.10 bits per heavy atom. The second-order valence-electron chi connectivity index (χ2n) is 9.52. The van der Waals surface area contributed by atoms with Crippen molar-refractivity contribution in [1.29, 1.82) is 0 Å². The van der Waals surface area contributed by atoms with Gasteiger partial charge in [0.15, 0.2) is 5.78 Å². The minimum atomic E-state index is -0.506. The van der Waals surface area contributed by atoms with Gasteiger partial charge in [0.2, 0.25) is 0 Å². The summed E-state index contributed by atoms with van der Waals surface area (Å²) in [5.74, 6) is 1.16. The van der Waals surface area contributed by atoms with E-state index in [-0.39, 0.29) is 17.7 Å². The number of rotatable bonds is 4. The van der Waals surface area contributed by atoms with Gasteiger partial charge in [0.25, 0.3) is 5.91 Å². The molecular weight excluding hydrogens is 364 g/mol. The Hall–Kier alpha value is -2.40. The van der Waals surface area contributed by atoms with Crippen molar-refractivity contribution in [2.75, 3.05) is 0 Å². The predicted molar refractivity (Wildman–Crippen MR) is 110 cm³/mol. The highest BCUT2D eigenvalue weighted by Crippen LogP contribution is 2.55. The number of nitrogens with one attached hydrogen (secondary N) is 1. The first-order chi connectivity index (χ1) is 13.8. The van der Waals surface area contributed by atoms with E-state index in [4.69, 9.17) is 0 Å². The Bertz CT molecular complexity index is 962. The fraction of sp³-hybridized carbons (Fsp3) is 0.500. The highest BCUT2D eigenvalue weighted by atomic mass is 16.3. The number of carbonyl (C=O) groups is 2. The van der Waals surface area contributed by atoms with Crippen LogP contribution in [-0.4, -0.2) is 33.0 Å². The van der Waals surface area contributed by atoms with Gasteiger partial charge in [-0.25, -0.2) is 0 Å². The number of amides is 1. The molecule has 2 aromatic rings. The first kappa shape index (κ1) is 18.6. The molecule has 4 saturated carbocycles. The van der Waals surface area contributed by atoms with E-state index in [0.29, 0.717) is 34.6 Å².